The maximum atomic E-state index is 13.1. The van der Waals surface area contributed by atoms with Crippen molar-refractivity contribution in [3.05, 3.63) is 125 Å². The van der Waals surface area contributed by atoms with Gasteiger partial charge in [0, 0.05) is 60.3 Å². The molecule has 0 spiro atoms. The van der Waals surface area contributed by atoms with Crippen molar-refractivity contribution in [1.82, 2.24) is 40.0 Å². The van der Waals surface area contributed by atoms with Crippen LogP contribution in [0, 0.1) is 0 Å². The quantitative estimate of drug-likeness (QED) is 0.0496. The van der Waals surface area contributed by atoms with E-state index in [1.54, 1.807) is 78.6 Å². The number of carbonyl (C=O) groups is 3. The van der Waals surface area contributed by atoms with E-state index in [0.29, 0.717) is 81.2 Å². The van der Waals surface area contributed by atoms with Crippen LogP contribution in [0.5, 0.6) is 5.75 Å². The molecule has 0 atom stereocenters. The molecule has 3 amide bonds. The molecule has 7 aromatic rings. The van der Waals surface area contributed by atoms with Gasteiger partial charge in [0.05, 0.1) is 23.6 Å². The Hall–Kier alpha value is -8.65. The first-order chi connectivity index (χ1) is 30.9. The number of hydrogen-bond acceptors (Lipinski definition) is 12. The second-order valence-electron chi connectivity index (χ2n) is 14.5. The summed E-state index contributed by atoms with van der Waals surface area (Å²) in [6.45, 7) is 0.769. The zero-order chi connectivity index (χ0) is 44.5. The molecule has 6 N–H and O–H groups in total. The fraction of sp³-hybridized carbons (Fsp3) is 0.114. The fourth-order valence-corrected chi connectivity index (χ4v) is 7.38. The van der Waals surface area contributed by atoms with Gasteiger partial charge in [-0.05, 0) is 84.4 Å². The number of aryl methyl sites for hydroxylation is 1. The van der Waals surface area contributed by atoms with Gasteiger partial charge in [0.1, 0.15) is 11.3 Å². The van der Waals surface area contributed by atoms with E-state index in [0.717, 1.165) is 5.56 Å². The van der Waals surface area contributed by atoms with Crippen molar-refractivity contribution < 1.29 is 33.4 Å². The lowest BCUT2D eigenvalue weighted by atomic mass is 9.90. The van der Waals surface area contributed by atoms with E-state index in [2.05, 4.69) is 46.7 Å². The Morgan fingerprint density at radius 3 is 2.42 bits per heavy atom. The van der Waals surface area contributed by atoms with Crippen molar-refractivity contribution in [3.8, 4) is 39.8 Å². The van der Waals surface area contributed by atoms with E-state index in [1.165, 1.54) is 41.1 Å². The van der Waals surface area contributed by atoms with Gasteiger partial charge in [-0.1, -0.05) is 30.3 Å². The number of carboxylic acids is 1. The van der Waals surface area contributed by atoms with Crippen molar-refractivity contribution in [2.24, 2.45) is 7.05 Å². The number of benzene rings is 4. The van der Waals surface area contributed by atoms with Crippen molar-refractivity contribution in [3.63, 3.8) is 0 Å². The van der Waals surface area contributed by atoms with Crippen LogP contribution >= 0.6 is 12.2 Å². The first kappa shape index (κ1) is 40.7. The van der Waals surface area contributed by atoms with Gasteiger partial charge in [-0.2, -0.15) is 14.6 Å². The normalized spacial score (nSPS) is 11.3. The molecule has 0 radical (unpaired) electrons. The topological polar surface area (TPSA) is 259 Å². The summed E-state index contributed by atoms with van der Waals surface area (Å²) >= 11 is 5.46. The van der Waals surface area contributed by atoms with Gasteiger partial charge < -0.3 is 40.3 Å². The predicted molar refractivity (Wildman–Crippen MR) is 238 cm³/mol. The van der Waals surface area contributed by atoms with Crippen LogP contribution in [0.3, 0.4) is 0 Å². The SMILES string of the molecule is Cn1cc2c(nc(NC(=O)Nc3ccc(CC(=O)NCCCNC(=S)Nc4ccc(-c5c6ccc(=O)cc-6oc6cc([O-])ccc56)c(C(=O)O)c4)cc3)n3nc(-c4ccco4)nc23)n1. The standard InChI is InChI=1S/C44H35N11O8S/c1-54-22-32-38(52-54)50-42(55-40(32)49-39(53-55)33-4-2-17-62-33)51-43(61)47-24-7-5-23(6-8-24)18-36(58)45-15-3-16-46-44(64)48-25-9-12-28(31(19-25)41(59)60)37-29-13-10-26(56)20-34(29)63-35-21-27(57)11-14-30(35)37/h2,4-14,17,19-22,56H,3,15-16,18H2,1H3,(H,45,58)(H,59,60)(H2,46,48,64)(H2,47,50,51,52,61)/p-1. The van der Waals surface area contributed by atoms with E-state index in [-0.39, 0.29) is 51.5 Å². The number of carboxylic acid groups (broad SMARTS) is 1. The smallest absolute Gasteiger partial charge is 0.336 e. The molecule has 5 heterocycles. The Labute approximate surface area is 366 Å². The molecule has 0 bridgehead atoms. The minimum Gasteiger partial charge on any atom is -0.872 e. The largest absolute Gasteiger partial charge is 0.872 e. The van der Waals surface area contributed by atoms with Crippen molar-refractivity contribution in [1.29, 1.82) is 0 Å². The number of rotatable bonds is 12. The summed E-state index contributed by atoms with van der Waals surface area (Å²) in [6.07, 6.45) is 3.92. The van der Waals surface area contributed by atoms with Crippen molar-refractivity contribution in [2.75, 3.05) is 29.0 Å². The Kier molecular flexibility index (Phi) is 10.8. The number of anilines is 3. The van der Waals surface area contributed by atoms with Crippen molar-refractivity contribution in [2.45, 2.75) is 12.8 Å². The number of nitrogens with zero attached hydrogens (tertiary/aromatic N) is 6. The summed E-state index contributed by atoms with van der Waals surface area (Å²) in [7, 11) is 1.75. The highest BCUT2D eigenvalue weighted by Crippen LogP contribution is 2.42. The lowest BCUT2D eigenvalue weighted by Gasteiger charge is -2.18. The maximum Gasteiger partial charge on any atom is 0.336 e. The molecule has 0 saturated carbocycles. The Morgan fingerprint density at radius 2 is 1.62 bits per heavy atom. The summed E-state index contributed by atoms with van der Waals surface area (Å²) in [6, 6.07) is 22.9. The van der Waals surface area contributed by atoms with Crippen LogP contribution < -0.4 is 37.1 Å². The molecule has 320 valence electrons. The molecule has 9 rings (SSSR count). The van der Waals surface area contributed by atoms with E-state index >= 15 is 0 Å². The van der Waals surface area contributed by atoms with Gasteiger partial charge in [-0.15, -0.1) is 10.8 Å². The van der Waals surface area contributed by atoms with E-state index < -0.39 is 12.0 Å². The van der Waals surface area contributed by atoms with Crippen LogP contribution in [-0.4, -0.2) is 70.6 Å². The molecule has 4 aromatic heterocycles. The minimum absolute atomic E-state index is 0.0409. The van der Waals surface area contributed by atoms with E-state index in [1.807, 2.05) is 0 Å². The summed E-state index contributed by atoms with van der Waals surface area (Å²) in [5.41, 5.74) is 3.68. The van der Waals surface area contributed by atoms with Crippen LogP contribution in [-0.2, 0) is 18.3 Å². The Balaban J connectivity index is 0.755. The molecular formula is C44H34N11O8S-. The Bertz CT molecular complexity index is 3310. The highest BCUT2D eigenvalue weighted by atomic mass is 32.1. The molecular weight excluding hydrogens is 843 g/mol. The van der Waals surface area contributed by atoms with E-state index in [9.17, 15) is 29.4 Å². The Morgan fingerprint density at radius 1 is 0.828 bits per heavy atom. The number of amides is 3. The summed E-state index contributed by atoms with van der Waals surface area (Å²) < 4.78 is 14.3. The molecule has 1 aliphatic heterocycles. The third kappa shape index (κ3) is 8.47. The zero-order valence-electron chi connectivity index (χ0n) is 33.5. The first-order valence-electron chi connectivity index (χ1n) is 19.6. The van der Waals surface area contributed by atoms with Gasteiger partial charge >= 0.3 is 12.0 Å². The summed E-state index contributed by atoms with van der Waals surface area (Å²) in [4.78, 5) is 59.5. The van der Waals surface area contributed by atoms with Crippen LogP contribution in [0.15, 0.2) is 117 Å². The second-order valence-corrected chi connectivity index (χ2v) is 14.9. The number of carbonyl (C=O) groups excluding carboxylic acids is 2. The third-order valence-electron chi connectivity index (χ3n) is 10.0. The van der Waals surface area contributed by atoms with E-state index in [4.69, 9.17) is 21.1 Å². The number of aromatic nitrogens is 6. The van der Waals surface area contributed by atoms with Gasteiger partial charge in [-0.25, -0.2) is 14.6 Å². The molecule has 64 heavy (non-hydrogen) atoms. The van der Waals surface area contributed by atoms with Crippen LogP contribution in [0.4, 0.5) is 22.1 Å². The predicted octanol–water partition coefficient (Wildman–Crippen LogP) is 5.60. The van der Waals surface area contributed by atoms with Crippen molar-refractivity contribution >= 4 is 80.2 Å². The molecule has 20 heteroatoms. The number of fused-ring (bicyclic) bond motifs is 5. The lowest BCUT2D eigenvalue weighted by Crippen LogP contribution is -2.32. The summed E-state index contributed by atoms with van der Waals surface area (Å²) in [5, 5.41) is 47.1. The number of hydrogen-bond donors (Lipinski definition) is 6. The average molecular weight is 877 g/mol. The van der Waals surface area contributed by atoms with Gasteiger partial charge in [0.25, 0.3) is 0 Å². The first-order valence-corrected chi connectivity index (χ1v) is 20.0. The number of aromatic carboxylic acids is 1. The van der Waals surface area contributed by atoms with Gasteiger partial charge in [-0.3, -0.25) is 19.6 Å². The summed E-state index contributed by atoms with van der Waals surface area (Å²) in [5.74, 6) is -0.609. The molecule has 19 nitrogen and oxygen atoms in total. The highest BCUT2D eigenvalue weighted by molar-refractivity contribution is 7.80. The maximum absolute atomic E-state index is 13.1. The number of nitrogens with one attached hydrogen (secondary N) is 5. The molecule has 3 aromatic carbocycles. The number of thiocarbonyl (C=S) groups is 1. The average Bonchev–Trinajstić information content (AvgIpc) is 4.04. The molecule has 0 saturated heterocycles. The van der Waals surface area contributed by atoms with Crippen LogP contribution in [0.2, 0.25) is 0 Å². The minimum atomic E-state index is -1.20. The van der Waals surface area contributed by atoms with Gasteiger partial charge in [0.15, 0.2) is 27.6 Å². The monoisotopic (exact) mass is 876 g/mol. The molecule has 0 fully saturated rings. The zero-order valence-corrected chi connectivity index (χ0v) is 34.4. The van der Waals surface area contributed by atoms with Crippen LogP contribution in [0.1, 0.15) is 22.3 Å². The van der Waals surface area contributed by atoms with Gasteiger partial charge in [0.2, 0.25) is 17.7 Å². The lowest BCUT2D eigenvalue weighted by molar-refractivity contribution is -0.268. The molecule has 2 aliphatic rings. The number of furan rings is 1. The fourth-order valence-electron chi connectivity index (χ4n) is 7.16. The molecule has 0 unspecified atom stereocenters. The van der Waals surface area contributed by atoms with Crippen LogP contribution in [0.25, 0.3) is 61.7 Å². The molecule has 1 aliphatic carbocycles. The third-order valence-corrected chi connectivity index (χ3v) is 10.3. The second kappa shape index (κ2) is 17.0. The number of urea groups is 1. The highest BCUT2D eigenvalue weighted by Gasteiger charge is 2.23.